The van der Waals surface area contributed by atoms with E-state index in [0.29, 0.717) is 17.0 Å². The summed E-state index contributed by atoms with van der Waals surface area (Å²) in [4.78, 5) is 10.7. The van der Waals surface area contributed by atoms with Crippen molar-refractivity contribution in [2.75, 3.05) is 11.5 Å². The molecule has 0 spiro atoms. The second-order valence-electron chi connectivity index (χ2n) is 3.19. The largest absolute Gasteiger partial charge is 0.383 e. The fourth-order valence-corrected chi connectivity index (χ4v) is 1.49. The number of nitrogen functional groups attached to an aromatic ring is 2. The van der Waals surface area contributed by atoms with E-state index < -0.39 is 0 Å². The molecule has 82 valence electrons. The molecule has 0 bridgehead atoms. The zero-order valence-corrected chi connectivity index (χ0v) is 8.98. The van der Waals surface area contributed by atoms with Gasteiger partial charge in [0.25, 0.3) is 0 Å². The van der Waals surface area contributed by atoms with Crippen LogP contribution < -0.4 is 11.5 Å². The van der Waals surface area contributed by atoms with Crippen LogP contribution in [0.25, 0.3) is 5.69 Å². The molecule has 0 saturated heterocycles. The van der Waals surface area contributed by atoms with Crippen LogP contribution in [0.4, 0.5) is 11.6 Å². The van der Waals surface area contributed by atoms with Crippen LogP contribution in [0.1, 0.15) is 10.4 Å². The Labute approximate surface area is 96.6 Å². The van der Waals surface area contributed by atoms with Gasteiger partial charge >= 0.3 is 0 Å². The molecule has 0 aliphatic heterocycles. The van der Waals surface area contributed by atoms with Crippen molar-refractivity contribution in [3.8, 4) is 5.69 Å². The van der Waals surface area contributed by atoms with E-state index in [9.17, 15) is 4.79 Å². The first kappa shape index (κ1) is 10.5. The van der Waals surface area contributed by atoms with Crippen molar-refractivity contribution in [2.24, 2.45) is 0 Å². The second kappa shape index (κ2) is 3.86. The van der Waals surface area contributed by atoms with E-state index in [1.165, 1.54) is 4.68 Å². The van der Waals surface area contributed by atoms with Crippen molar-refractivity contribution < 1.29 is 4.79 Å². The van der Waals surface area contributed by atoms with Gasteiger partial charge in [-0.25, -0.2) is 4.68 Å². The Morgan fingerprint density at radius 1 is 1.25 bits per heavy atom. The Balaban J connectivity index is 2.56. The first-order valence-electron chi connectivity index (χ1n) is 4.48. The zero-order valence-electron chi connectivity index (χ0n) is 8.22. The Hall–Kier alpha value is -2.01. The number of aromatic nitrogens is 2. The van der Waals surface area contributed by atoms with Gasteiger partial charge in [0.15, 0.2) is 12.1 Å². The van der Waals surface area contributed by atoms with Gasteiger partial charge in [-0.1, -0.05) is 11.6 Å². The summed E-state index contributed by atoms with van der Waals surface area (Å²) < 4.78 is 1.40. The summed E-state index contributed by atoms with van der Waals surface area (Å²) in [6, 6.07) is 6.88. The molecule has 4 N–H and O–H groups in total. The number of anilines is 2. The molecule has 0 radical (unpaired) electrons. The van der Waals surface area contributed by atoms with Gasteiger partial charge < -0.3 is 11.5 Å². The SMILES string of the molecule is Nc1nn(-c2ccc(Cl)cc2)c(N)c1C=O. The molecule has 1 heterocycles. The van der Waals surface area contributed by atoms with Crippen molar-refractivity contribution in [1.29, 1.82) is 0 Å². The normalized spacial score (nSPS) is 10.3. The quantitative estimate of drug-likeness (QED) is 0.774. The highest BCUT2D eigenvalue weighted by atomic mass is 35.5. The van der Waals surface area contributed by atoms with Gasteiger partial charge in [-0.3, -0.25) is 4.79 Å². The highest BCUT2D eigenvalue weighted by Crippen LogP contribution is 2.21. The van der Waals surface area contributed by atoms with Crippen LogP contribution >= 0.6 is 11.6 Å². The van der Waals surface area contributed by atoms with Crippen LogP contribution in [-0.4, -0.2) is 16.1 Å². The van der Waals surface area contributed by atoms with Crippen LogP contribution in [0.15, 0.2) is 24.3 Å². The number of nitrogens with zero attached hydrogens (tertiary/aromatic N) is 2. The summed E-state index contributed by atoms with van der Waals surface area (Å²) in [6.45, 7) is 0. The fourth-order valence-electron chi connectivity index (χ4n) is 1.36. The topological polar surface area (TPSA) is 86.9 Å². The molecule has 0 saturated carbocycles. The van der Waals surface area contributed by atoms with Crippen LogP contribution in [0.2, 0.25) is 5.02 Å². The van der Waals surface area contributed by atoms with E-state index in [1.807, 2.05) is 0 Å². The number of halogens is 1. The van der Waals surface area contributed by atoms with E-state index in [4.69, 9.17) is 23.1 Å². The third kappa shape index (κ3) is 1.61. The average molecular weight is 237 g/mol. The van der Waals surface area contributed by atoms with Crippen LogP contribution in [0.3, 0.4) is 0 Å². The van der Waals surface area contributed by atoms with E-state index in [2.05, 4.69) is 5.10 Å². The minimum atomic E-state index is 0.113. The van der Waals surface area contributed by atoms with E-state index in [0.717, 1.165) is 0 Å². The van der Waals surface area contributed by atoms with Gasteiger partial charge in [0.1, 0.15) is 11.4 Å². The smallest absolute Gasteiger partial charge is 0.158 e. The summed E-state index contributed by atoms with van der Waals surface area (Å²) in [6.07, 6.45) is 0.587. The molecule has 0 unspecified atom stereocenters. The van der Waals surface area contributed by atoms with Crippen molar-refractivity contribution in [3.63, 3.8) is 0 Å². The number of carbonyl (C=O) groups excluding carboxylic acids is 1. The molecule has 1 aromatic carbocycles. The number of nitrogens with two attached hydrogens (primary N) is 2. The first-order valence-corrected chi connectivity index (χ1v) is 4.86. The van der Waals surface area contributed by atoms with Crippen molar-refractivity contribution in [3.05, 3.63) is 34.9 Å². The Bertz CT molecular complexity index is 532. The number of hydrogen-bond acceptors (Lipinski definition) is 4. The van der Waals surface area contributed by atoms with Crippen molar-refractivity contribution >= 4 is 29.5 Å². The van der Waals surface area contributed by atoms with Gasteiger partial charge in [-0.2, -0.15) is 0 Å². The monoisotopic (exact) mass is 236 g/mol. The van der Waals surface area contributed by atoms with E-state index in [1.54, 1.807) is 24.3 Å². The number of carbonyl (C=O) groups is 1. The summed E-state index contributed by atoms with van der Waals surface area (Å²) in [5.74, 6) is 0.331. The third-order valence-electron chi connectivity index (χ3n) is 2.18. The van der Waals surface area contributed by atoms with Gasteiger partial charge in [0.2, 0.25) is 0 Å². The molecule has 2 aromatic rings. The van der Waals surface area contributed by atoms with Gasteiger partial charge in [0, 0.05) is 5.02 Å². The Morgan fingerprint density at radius 3 is 2.38 bits per heavy atom. The summed E-state index contributed by atoms with van der Waals surface area (Å²) in [7, 11) is 0. The van der Waals surface area contributed by atoms with Gasteiger partial charge in [-0.15, -0.1) is 5.10 Å². The molecule has 2 rings (SSSR count). The predicted molar refractivity (Wildman–Crippen MR) is 62.8 cm³/mol. The standard InChI is InChI=1S/C10H9ClN4O/c11-6-1-3-7(4-2-6)15-10(13)8(5-16)9(12)14-15/h1-5H,13H2,(H2,12,14). The first-order chi connectivity index (χ1) is 7.63. The van der Waals surface area contributed by atoms with E-state index >= 15 is 0 Å². The molecule has 0 amide bonds. The maximum Gasteiger partial charge on any atom is 0.158 e. The minimum Gasteiger partial charge on any atom is -0.383 e. The number of hydrogen-bond donors (Lipinski definition) is 2. The molecule has 0 aliphatic rings. The molecule has 0 fully saturated rings. The maximum absolute atomic E-state index is 10.7. The van der Waals surface area contributed by atoms with Crippen LogP contribution in [0.5, 0.6) is 0 Å². The number of benzene rings is 1. The summed E-state index contributed by atoms with van der Waals surface area (Å²) in [5, 5.41) is 4.59. The van der Waals surface area contributed by atoms with Crippen molar-refractivity contribution in [1.82, 2.24) is 9.78 Å². The lowest BCUT2D eigenvalue weighted by Gasteiger charge is -2.03. The third-order valence-corrected chi connectivity index (χ3v) is 2.43. The van der Waals surface area contributed by atoms with E-state index in [-0.39, 0.29) is 17.2 Å². The number of aldehydes is 1. The molecule has 6 heteroatoms. The predicted octanol–water partition coefficient (Wildman–Crippen LogP) is 1.50. The van der Waals surface area contributed by atoms with Crippen molar-refractivity contribution in [2.45, 2.75) is 0 Å². The molecule has 16 heavy (non-hydrogen) atoms. The summed E-state index contributed by atoms with van der Waals surface area (Å²) in [5.41, 5.74) is 12.2. The summed E-state index contributed by atoms with van der Waals surface area (Å²) >= 11 is 5.76. The molecule has 0 aliphatic carbocycles. The van der Waals surface area contributed by atoms with Gasteiger partial charge in [-0.05, 0) is 24.3 Å². The lowest BCUT2D eigenvalue weighted by Crippen LogP contribution is -2.02. The highest BCUT2D eigenvalue weighted by Gasteiger charge is 2.13. The lowest BCUT2D eigenvalue weighted by molar-refractivity contribution is 0.112. The van der Waals surface area contributed by atoms with Crippen LogP contribution in [0, 0.1) is 0 Å². The second-order valence-corrected chi connectivity index (χ2v) is 3.63. The fraction of sp³-hybridized carbons (Fsp3) is 0. The van der Waals surface area contributed by atoms with Gasteiger partial charge in [0.05, 0.1) is 5.69 Å². The van der Waals surface area contributed by atoms with Crippen LogP contribution in [-0.2, 0) is 0 Å². The number of rotatable bonds is 2. The molecule has 0 atom stereocenters. The Morgan fingerprint density at radius 2 is 1.88 bits per heavy atom. The maximum atomic E-state index is 10.7. The lowest BCUT2D eigenvalue weighted by atomic mass is 10.3. The zero-order chi connectivity index (χ0) is 11.7. The molecule has 1 aromatic heterocycles. The molecular formula is C10H9ClN4O. The molecular weight excluding hydrogens is 228 g/mol. The molecule has 5 nitrogen and oxygen atoms in total. The average Bonchev–Trinajstić information content (AvgIpc) is 2.55. The Kier molecular flexibility index (Phi) is 2.54. The highest BCUT2D eigenvalue weighted by molar-refractivity contribution is 6.30. The minimum absolute atomic E-state index is 0.113.